The van der Waals surface area contributed by atoms with Crippen molar-refractivity contribution in [3.63, 3.8) is 0 Å². The second kappa shape index (κ2) is 7.42. The van der Waals surface area contributed by atoms with E-state index in [9.17, 15) is 14.4 Å². The molecule has 0 atom stereocenters. The Kier molecular flexibility index (Phi) is 5.08. The van der Waals surface area contributed by atoms with Gasteiger partial charge < -0.3 is 14.7 Å². The van der Waals surface area contributed by atoms with E-state index < -0.39 is 0 Å². The molecule has 0 aromatic carbocycles. The molecule has 24 heavy (non-hydrogen) atoms. The number of amides is 3. The minimum atomic E-state index is -0.138. The summed E-state index contributed by atoms with van der Waals surface area (Å²) in [7, 11) is 0. The molecule has 0 bridgehead atoms. The van der Waals surface area contributed by atoms with Crippen LogP contribution in [0.25, 0.3) is 0 Å². The van der Waals surface area contributed by atoms with E-state index in [0.717, 1.165) is 38.8 Å². The molecule has 7 nitrogen and oxygen atoms in total. The summed E-state index contributed by atoms with van der Waals surface area (Å²) in [5.74, 6) is -0.191. The van der Waals surface area contributed by atoms with Crippen molar-refractivity contribution in [2.24, 2.45) is 0 Å². The fraction of sp³-hybridized carbons (Fsp3) is 0.529. The fourth-order valence-electron chi connectivity index (χ4n) is 3.17. The normalized spacial score (nSPS) is 18.4. The van der Waals surface area contributed by atoms with Gasteiger partial charge in [0.1, 0.15) is 0 Å². The second-order valence-electron chi connectivity index (χ2n) is 6.25. The Bertz CT molecular complexity index is 620. The zero-order valence-corrected chi connectivity index (χ0v) is 13.7. The standard InChI is InChI=1S/C17H22N4O3/c22-13-19-6-8-21(9-7-19)17(24)15-10-14(11-18-12-15)16(23)20-4-2-1-3-5-20/h10-13H,1-9H2. The summed E-state index contributed by atoms with van der Waals surface area (Å²) >= 11 is 0. The summed E-state index contributed by atoms with van der Waals surface area (Å²) in [6.07, 6.45) is 7.05. The molecule has 0 aliphatic carbocycles. The number of likely N-dealkylation sites (tertiary alicyclic amines) is 1. The van der Waals surface area contributed by atoms with Crippen LogP contribution in [0.4, 0.5) is 0 Å². The molecule has 1 aromatic heterocycles. The smallest absolute Gasteiger partial charge is 0.255 e. The number of aromatic nitrogens is 1. The van der Waals surface area contributed by atoms with Crippen LogP contribution in [0.2, 0.25) is 0 Å². The highest BCUT2D eigenvalue weighted by Crippen LogP contribution is 2.15. The first kappa shape index (κ1) is 16.4. The Morgan fingerprint density at radius 2 is 1.38 bits per heavy atom. The lowest BCUT2D eigenvalue weighted by molar-refractivity contribution is -0.119. The lowest BCUT2D eigenvalue weighted by Crippen LogP contribution is -2.48. The molecule has 2 aliphatic rings. The molecule has 3 rings (SSSR count). The van der Waals surface area contributed by atoms with Gasteiger partial charge in [-0.3, -0.25) is 19.4 Å². The molecule has 3 heterocycles. The number of carbonyl (C=O) groups excluding carboxylic acids is 3. The first-order chi connectivity index (χ1) is 11.7. The van der Waals surface area contributed by atoms with Gasteiger partial charge in [-0.1, -0.05) is 0 Å². The van der Waals surface area contributed by atoms with Crippen molar-refractivity contribution in [1.29, 1.82) is 0 Å². The van der Waals surface area contributed by atoms with Crippen LogP contribution in [0.5, 0.6) is 0 Å². The van der Waals surface area contributed by atoms with Crippen LogP contribution in [0.15, 0.2) is 18.5 Å². The molecule has 2 saturated heterocycles. The zero-order chi connectivity index (χ0) is 16.9. The van der Waals surface area contributed by atoms with Crippen molar-refractivity contribution in [3.8, 4) is 0 Å². The van der Waals surface area contributed by atoms with E-state index in [-0.39, 0.29) is 11.8 Å². The SMILES string of the molecule is O=CN1CCN(C(=O)c2cncc(C(=O)N3CCCCC3)c2)CC1. The molecule has 2 fully saturated rings. The van der Waals surface area contributed by atoms with Gasteiger partial charge in [-0.15, -0.1) is 0 Å². The van der Waals surface area contributed by atoms with Gasteiger partial charge in [-0.05, 0) is 25.3 Å². The van der Waals surface area contributed by atoms with Crippen molar-refractivity contribution in [1.82, 2.24) is 19.7 Å². The number of hydrogen-bond donors (Lipinski definition) is 0. The quantitative estimate of drug-likeness (QED) is 0.762. The number of hydrogen-bond acceptors (Lipinski definition) is 4. The van der Waals surface area contributed by atoms with Crippen LogP contribution in [0, 0.1) is 0 Å². The highest BCUT2D eigenvalue weighted by atomic mass is 16.2. The number of piperidine rings is 1. The van der Waals surface area contributed by atoms with Crippen LogP contribution < -0.4 is 0 Å². The van der Waals surface area contributed by atoms with Crippen molar-refractivity contribution in [3.05, 3.63) is 29.6 Å². The van der Waals surface area contributed by atoms with Crippen LogP contribution in [0.1, 0.15) is 40.0 Å². The Labute approximate surface area is 141 Å². The summed E-state index contributed by atoms with van der Waals surface area (Å²) in [6.45, 7) is 3.61. The lowest BCUT2D eigenvalue weighted by atomic mass is 10.1. The van der Waals surface area contributed by atoms with E-state index >= 15 is 0 Å². The molecule has 0 unspecified atom stereocenters. The number of piperazine rings is 1. The average Bonchev–Trinajstić information content (AvgIpc) is 2.67. The maximum absolute atomic E-state index is 12.6. The summed E-state index contributed by atoms with van der Waals surface area (Å²) in [5.41, 5.74) is 0.895. The third-order valence-electron chi connectivity index (χ3n) is 4.63. The van der Waals surface area contributed by atoms with E-state index in [0.29, 0.717) is 37.3 Å². The van der Waals surface area contributed by atoms with Gasteiger partial charge in [0.15, 0.2) is 0 Å². The maximum atomic E-state index is 12.6. The molecular formula is C17H22N4O3. The van der Waals surface area contributed by atoms with Gasteiger partial charge in [0.25, 0.3) is 11.8 Å². The monoisotopic (exact) mass is 330 g/mol. The fourth-order valence-corrected chi connectivity index (χ4v) is 3.17. The van der Waals surface area contributed by atoms with Gasteiger partial charge in [-0.2, -0.15) is 0 Å². The summed E-state index contributed by atoms with van der Waals surface area (Å²) in [5, 5.41) is 0. The van der Waals surface area contributed by atoms with Crippen LogP contribution in [-0.2, 0) is 4.79 Å². The van der Waals surface area contributed by atoms with Gasteiger partial charge in [0.05, 0.1) is 11.1 Å². The Morgan fingerprint density at radius 1 is 0.833 bits per heavy atom. The summed E-state index contributed by atoms with van der Waals surface area (Å²) in [4.78, 5) is 45.2. The Balaban J connectivity index is 1.69. The molecule has 0 N–H and O–H groups in total. The third kappa shape index (κ3) is 3.55. The van der Waals surface area contributed by atoms with E-state index in [1.807, 2.05) is 4.90 Å². The molecule has 7 heteroatoms. The predicted molar refractivity (Wildman–Crippen MR) is 87.5 cm³/mol. The molecule has 128 valence electrons. The number of rotatable bonds is 3. The van der Waals surface area contributed by atoms with Crippen molar-refractivity contribution < 1.29 is 14.4 Å². The highest BCUT2D eigenvalue weighted by Gasteiger charge is 2.23. The van der Waals surface area contributed by atoms with Gasteiger partial charge in [0.2, 0.25) is 6.41 Å². The topological polar surface area (TPSA) is 73.8 Å². The summed E-state index contributed by atoms with van der Waals surface area (Å²) in [6, 6.07) is 1.64. The summed E-state index contributed by atoms with van der Waals surface area (Å²) < 4.78 is 0. The molecule has 3 amide bonds. The maximum Gasteiger partial charge on any atom is 0.255 e. The number of carbonyl (C=O) groups is 3. The Morgan fingerprint density at radius 3 is 1.92 bits per heavy atom. The Hall–Kier alpha value is -2.44. The minimum absolute atomic E-state index is 0.0531. The minimum Gasteiger partial charge on any atom is -0.342 e. The highest BCUT2D eigenvalue weighted by molar-refractivity contribution is 5.99. The molecule has 0 spiro atoms. The van der Waals surface area contributed by atoms with E-state index in [2.05, 4.69) is 4.98 Å². The molecular weight excluding hydrogens is 308 g/mol. The molecule has 0 radical (unpaired) electrons. The molecule has 0 saturated carbocycles. The van der Waals surface area contributed by atoms with Crippen LogP contribution in [-0.4, -0.2) is 77.2 Å². The predicted octanol–water partition coefficient (Wildman–Crippen LogP) is 0.622. The zero-order valence-electron chi connectivity index (χ0n) is 13.7. The van der Waals surface area contributed by atoms with Crippen molar-refractivity contribution in [2.75, 3.05) is 39.3 Å². The third-order valence-corrected chi connectivity index (χ3v) is 4.63. The number of nitrogens with zero attached hydrogens (tertiary/aromatic N) is 4. The van der Waals surface area contributed by atoms with E-state index in [4.69, 9.17) is 0 Å². The largest absolute Gasteiger partial charge is 0.342 e. The van der Waals surface area contributed by atoms with Crippen LogP contribution in [0.3, 0.4) is 0 Å². The van der Waals surface area contributed by atoms with E-state index in [1.165, 1.54) is 12.4 Å². The molecule has 1 aromatic rings. The first-order valence-corrected chi connectivity index (χ1v) is 8.42. The van der Waals surface area contributed by atoms with Crippen molar-refractivity contribution >= 4 is 18.2 Å². The van der Waals surface area contributed by atoms with Crippen LogP contribution >= 0.6 is 0 Å². The molecule has 2 aliphatic heterocycles. The lowest BCUT2D eigenvalue weighted by Gasteiger charge is -2.32. The van der Waals surface area contributed by atoms with Crippen molar-refractivity contribution in [2.45, 2.75) is 19.3 Å². The average molecular weight is 330 g/mol. The number of pyridine rings is 1. The van der Waals surface area contributed by atoms with Gasteiger partial charge >= 0.3 is 0 Å². The van der Waals surface area contributed by atoms with Gasteiger partial charge in [0, 0.05) is 51.7 Å². The van der Waals surface area contributed by atoms with E-state index in [1.54, 1.807) is 15.9 Å². The second-order valence-corrected chi connectivity index (χ2v) is 6.25. The van der Waals surface area contributed by atoms with Gasteiger partial charge in [-0.25, -0.2) is 0 Å². The first-order valence-electron chi connectivity index (χ1n) is 8.42.